The maximum atomic E-state index is 14.4. The standard InChI is InChI=1S/C33H34ClN3O5S/c1-3-35-33(39)31(22-25-12-6-4-7-13-25)36(23-26-14-10-11-17-30(26)34)32(38)24-37(27-18-20-28(42-2)21-19-27)43(40,41)29-15-8-5-9-16-29/h4-21,31H,3,22-24H2,1-2H3,(H,35,39). The van der Waals surface area contributed by atoms with Crippen LogP contribution in [0, 0.1) is 0 Å². The Balaban J connectivity index is 1.79. The lowest BCUT2D eigenvalue weighted by Gasteiger charge is -2.34. The number of likely N-dealkylation sites (N-methyl/N-ethyl adjacent to an activating group) is 1. The molecule has 0 fully saturated rings. The lowest BCUT2D eigenvalue weighted by Crippen LogP contribution is -2.53. The second-order valence-corrected chi connectivity index (χ2v) is 12.0. The molecule has 43 heavy (non-hydrogen) atoms. The van der Waals surface area contributed by atoms with E-state index in [1.54, 1.807) is 73.7 Å². The Bertz CT molecular complexity index is 1620. The number of halogens is 1. The number of nitrogens with one attached hydrogen (secondary N) is 1. The fourth-order valence-electron chi connectivity index (χ4n) is 4.65. The van der Waals surface area contributed by atoms with Gasteiger partial charge in [0.25, 0.3) is 10.0 Å². The van der Waals surface area contributed by atoms with E-state index in [0.717, 1.165) is 9.87 Å². The van der Waals surface area contributed by atoms with E-state index >= 15 is 0 Å². The number of benzene rings is 4. The normalized spacial score (nSPS) is 11.8. The van der Waals surface area contributed by atoms with Crippen molar-refractivity contribution >= 4 is 39.1 Å². The Hall–Kier alpha value is -4.34. The fourth-order valence-corrected chi connectivity index (χ4v) is 6.28. The highest BCUT2D eigenvalue weighted by atomic mass is 35.5. The summed E-state index contributed by atoms with van der Waals surface area (Å²) < 4.78 is 34.3. The lowest BCUT2D eigenvalue weighted by atomic mass is 10.0. The molecule has 4 rings (SSSR count). The predicted octanol–water partition coefficient (Wildman–Crippen LogP) is 5.32. The van der Waals surface area contributed by atoms with Gasteiger partial charge in [-0.15, -0.1) is 0 Å². The van der Waals surface area contributed by atoms with Gasteiger partial charge in [-0.1, -0.05) is 78.3 Å². The van der Waals surface area contributed by atoms with Crippen molar-refractivity contribution in [2.45, 2.75) is 30.8 Å². The van der Waals surface area contributed by atoms with E-state index in [4.69, 9.17) is 16.3 Å². The van der Waals surface area contributed by atoms with Crippen LogP contribution in [0.3, 0.4) is 0 Å². The Labute approximate surface area is 257 Å². The molecule has 2 amide bonds. The van der Waals surface area contributed by atoms with Gasteiger partial charge in [0.05, 0.1) is 17.7 Å². The van der Waals surface area contributed by atoms with Gasteiger partial charge >= 0.3 is 0 Å². The molecule has 0 heterocycles. The van der Waals surface area contributed by atoms with Crippen molar-refractivity contribution < 1.29 is 22.7 Å². The molecule has 0 spiro atoms. The summed E-state index contributed by atoms with van der Waals surface area (Å²) in [6.45, 7) is 1.60. The highest BCUT2D eigenvalue weighted by molar-refractivity contribution is 7.92. The number of methoxy groups -OCH3 is 1. The van der Waals surface area contributed by atoms with Gasteiger partial charge in [-0.25, -0.2) is 8.42 Å². The number of carbonyl (C=O) groups excluding carboxylic acids is 2. The van der Waals surface area contributed by atoms with Crippen molar-refractivity contribution in [2.75, 3.05) is 24.5 Å². The van der Waals surface area contributed by atoms with Crippen LogP contribution in [0.15, 0.2) is 114 Å². The zero-order valence-electron chi connectivity index (χ0n) is 24.0. The van der Waals surface area contributed by atoms with Gasteiger partial charge in [-0.05, 0) is 60.5 Å². The number of anilines is 1. The molecular formula is C33H34ClN3O5S. The van der Waals surface area contributed by atoms with Crippen LogP contribution in [0.2, 0.25) is 5.02 Å². The van der Waals surface area contributed by atoms with Gasteiger partial charge in [-0.3, -0.25) is 13.9 Å². The maximum Gasteiger partial charge on any atom is 0.264 e. The van der Waals surface area contributed by atoms with E-state index in [9.17, 15) is 18.0 Å². The minimum absolute atomic E-state index is 0.00498. The molecule has 0 aliphatic carbocycles. The molecule has 8 nitrogen and oxygen atoms in total. The minimum Gasteiger partial charge on any atom is -0.497 e. The number of nitrogens with zero attached hydrogens (tertiary/aromatic N) is 2. The average Bonchev–Trinajstić information content (AvgIpc) is 3.03. The number of hydrogen-bond acceptors (Lipinski definition) is 5. The Morgan fingerprint density at radius 2 is 1.47 bits per heavy atom. The molecule has 1 unspecified atom stereocenters. The smallest absolute Gasteiger partial charge is 0.264 e. The van der Waals surface area contributed by atoms with Crippen LogP contribution < -0.4 is 14.4 Å². The first-order chi connectivity index (χ1) is 20.7. The summed E-state index contributed by atoms with van der Waals surface area (Å²) in [6.07, 6.45) is 0.219. The maximum absolute atomic E-state index is 14.4. The minimum atomic E-state index is -4.18. The lowest BCUT2D eigenvalue weighted by molar-refractivity contribution is -0.140. The molecule has 4 aromatic rings. The largest absolute Gasteiger partial charge is 0.497 e. The zero-order chi connectivity index (χ0) is 30.8. The van der Waals surface area contributed by atoms with Crippen LogP contribution in [0.4, 0.5) is 5.69 Å². The van der Waals surface area contributed by atoms with Crippen molar-refractivity contribution in [2.24, 2.45) is 0 Å². The monoisotopic (exact) mass is 619 g/mol. The summed E-state index contributed by atoms with van der Waals surface area (Å²) in [6, 6.07) is 29.8. The van der Waals surface area contributed by atoms with Crippen LogP contribution in [0.25, 0.3) is 0 Å². The number of amides is 2. The van der Waals surface area contributed by atoms with Gasteiger partial charge in [0.2, 0.25) is 11.8 Å². The van der Waals surface area contributed by atoms with E-state index in [0.29, 0.717) is 22.9 Å². The molecule has 0 saturated heterocycles. The molecule has 10 heteroatoms. The Kier molecular flexibility index (Phi) is 10.8. The molecule has 1 N–H and O–H groups in total. The van der Waals surface area contributed by atoms with Crippen molar-refractivity contribution in [3.05, 3.63) is 125 Å². The highest BCUT2D eigenvalue weighted by Gasteiger charge is 2.34. The summed E-state index contributed by atoms with van der Waals surface area (Å²) >= 11 is 6.50. The van der Waals surface area contributed by atoms with Gasteiger partial charge in [0.1, 0.15) is 18.3 Å². The molecule has 224 valence electrons. The van der Waals surface area contributed by atoms with E-state index < -0.39 is 28.5 Å². The quantitative estimate of drug-likeness (QED) is 0.219. The van der Waals surface area contributed by atoms with Crippen LogP contribution >= 0.6 is 11.6 Å². The zero-order valence-corrected chi connectivity index (χ0v) is 25.6. The molecule has 1 atom stereocenters. The van der Waals surface area contributed by atoms with E-state index in [1.165, 1.54) is 24.1 Å². The average molecular weight is 620 g/mol. The van der Waals surface area contributed by atoms with Crippen LogP contribution in [0.5, 0.6) is 5.75 Å². The first kappa shape index (κ1) is 31.6. The van der Waals surface area contributed by atoms with Crippen molar-refractivity contribution in [1.82, 2.24) is 10.2 Å². The predicted molar refractivity (Wildman–Crippen MR) is 169 cm³/mol. The van der Waals surface area contributed by atoms with Crippen LogP contribution in [-0.4, -0.2) is 51.4 Å². The second-order valence-electron chi connectivity index (χ2n) is 9.74. The Morgan fingerprint density at radius 1 is 0.860 bits per heavy atom. The van der Waals surface area contributed by atoms with Gasteiger partial charge in [0, 0.05) is 24.5 Å². The topological polar surface area (TPSA) is 96.0 Å². The number of ether oxygens (including phenoxy) is 1. The molecule has 0 aliphatic rings. The number of hydrogen-bond donors (Lipinski definition) is 1. The van der Waals surface area contributed by atoms with Crippen LogP contribution in [0.1, 0.15) is 18.1 Å². The fraction of sp³-hybridized carbons (Fsp3) is 0.212. The SMILES string of the molecule is CCNC(=O)C(Cc1ccccc1)N(Cc1ccccc1Cl)C(=O)CN(c1ccc(OC)cc1)S(=O)(=O)c1ccccc1. The van der Waals surface area contributed by atoms with Gasteiger partial charge in [-0.2, -0.15) is 0 Å². The molecular weight excluding hydrogens is 586 g/mol. The van der Waals surface area contributed by atoms with Gasteiger partial charge in [0.15, 0.2) is 0 Å². The third-order valence-corrected chi connectivity index (χ3v) is 9.05. The summed E-state index contributed by atoms with van der Waals surface area (Å²) in [4.78, 5) is 29.3. The van der Waals surface area contributed by atoms with E-state index in [2.05, 4.69) is 5.32 Å². The van der Waals surface area contributed by atoms with Crippen molar-refractivity contribution in [3.63, 3.8) is 0 Å². The molecule has 0 aromatic heterocycles. The number of carbonyl (C=O) groups is 2. The highest BCUT2D eigenvalue weighted by Crippen LogP contribution is 2.27. The van der Waals surface area contributed by atoms with Crippen molar-refractivity contribution in [1.29, 1.82) is 0 Å². The first-order valence-electron chi connectivity index (χ1n) is 13.8. The van der Waals surface area contributed by atoms with Crippen molar-refractivity contribution in [3.8, 4) is 5.75 Å². The molecule has 0 saturated carbocycles. The third kappa shape index (κ3) is 7.94. The summed E-state index contributed by atoms with van der Waals surface area (Å²) in [7, 11) is -2.67. The third-order valence-electron chi connectivity index (χ3n) is 6.89. The molecule has 0 bridgehead atoms. The molecule has 4 aromatic carbocycles. The van der Waals surface area contributed by atoms with Gasteiger partial charge < -0.3 is 15.0 Å². The first-order valence-corrected chi connectivity index (χ1v) is 15.6. The summed E-state index contributed by atoms with van der Waals surface area (Å²) in [5.41, 5.74) is 1.75. The number of sulfonamides is 1. The number of rotatable bonds is 13. The van der Waals surface area contributed by atoms with E-state index in [-0.39, 0.29) is 29.5 Å². The van der Waals surface area contributed by atoms with E-state index in [1.807, 2.05) is 30.3 Å². The Morgan fingerprint density at radius 3 is 2.07 bits per heavy atom. The summed E-state index contributed by atoms with van der Waals surface area (Å²) in [5.74, 6) is -0.386. The summed E-state index contributed by atoms with van der Waals surface area (Å²) in [5, 5.41) is 3.27. The molecule has 0 aliphatic heterocycles. The second kappa shape index (κ2) is 14.7. The molecule has 0 radical (unpaired) electrons. The van der Waals surface area contributed by atoms with Crippen LogP contribution in [-0.2, 0) is 32.6 Å².